The summed E-state index contributed by atoms with van der Waals surface area (Å²) in [6.07, 6.45) is 1.56. The normalized spacial score (nSPS) is 11.1. The SMILES string of the molecule is COc1ccccc1-n1c(=O)n(C(C)C)c(=O)c2c1ncn2Cc1ccc(C#N)cc1. The second-order valence-electron chi connectivity index (χ2n) is 7.41. The lowest BCUT2D eigenvalue weighted by Crippen LogP contribution is -2.41. The zero-order valence-corrected chi connectivity index (χ0v) is 17.4. The first-order chi connectivity index (χ1) is 15.0. The quantitative estimate of drug-likeness (QED) is 0.500. The zero-order valence-electron chi connectivity index (χ0n) is 17.4. The van der Waals surface area contributed by atoms with Crippen molar-refractivity contribution in [3.63, 3.8) is 0 Å². The van der Waals surface area contributed by atoms with E-state index in [1.807, 2.05) is 18.2 Å². The van der Waals surface area contributed by atoms with Crippen LogP contribution in [-0.2, 0) is 6.54 Å². The van der Waals surface area contributed by atoms with Crippen LogP contribution in [0.3, 0.4) is 0 Å². The van der Waals surface area contributed by atoms with Gasteiger partial charge in [-0.3, -0.25) is 9.36 Å². The third-order valence-electron chi connectivity index (χ3n) is 5.13. The van der Waals surface area contributed by atoms with Crippen molar-refractivity contribution in [3.8, 4) is 17.5 Å². The summed E-state index contributed by atoms with van der Waals surface area (Å²) in [5, 5.41) is 9.00. The maximum Gasteiger partial charge on any atom is 0.337 e. The van der Waals surface area contributed by atoms with Gasteiger partial charge in [0, 0.05) is 12.6 Å². The van der Waals surface area contributed by atoms with E-state index >= 15 is 0 Å². The molecule has 0 aliphatic rings. The fraction of sp³-hybridized carbons (Fsp3) is 0.217. The number of rotatable bonds is 5. The second-order valence-corrected chi connectivity index (χ2v) is 7.41. The summed E-state index contributed by atoms with van der Waals surface area (Å²) in [6.45, 7) is 3.96. The Balaban J connectivity index is 2.00. The molecule has 0 N–H and O–H groups in total. The van der Waals surface area contributed by atoms with Crippen molar-refractivity contribution in [2.75, 3.05) is 7.11 Å². The molecule has 156 valence electrons. The number of nitrogens with zero attached hydrogens (tertiary/aromatic N) is 5. The molecule has 0 atom stereocenters. The Hall–Kier alpha value is -4.12. The predicted molar refractivity (Wildman–Crippen MR) is 117 cm³/mol. The van der Waals surface area contributed by atoms with E-state index in [0.717, 1.165) is 5.56 Å². The van der Waals surface area contributed by atoms with E-state index in [1.165, 1.54) is 16.2 Å². The van der Waals surface area contributed by atoms with Gasteiger partial charge in [-0.15, -0.1) is 0 Å². The van der Waals surface area contributed by atoms with E-state index < -0.39 is 11.2 Å². The van der Waals surface area contributed by atoms with E-state index in [9.17, 15) is 9.59 Å². The fourth-order valence-electron chi connectivity index (χ4n) is 3.64. The molecule has 8 nitrogen and oxygen atoms in total. The number of benzene rings is 2. The van der Waals surface area contributed by atoms with Crippen LogP contribution in [0.15, 0.2) is 64.4 Å². The summed E-state index contributed by atoms with van der Waals surface area (Å²) >= 11 is 0. The maximum atomic E-state index is 13.3. The number of imidazole rings is 1. The molecule has 0 aliphatic heterocycles. The van der Waals surface area contributed by atoms with Crippen LogP contribution in [-0.4, -0.2) is 25.8 Å². The monoisotopic (exact) mass is 415 g/mol. The molecule has 2 aromatic heterocycles. The van der Waals surface area contributed by atoms with Crippen LogP contribution >= 0.6 is 0 Å². The molecule has 0 fully saturated rings. The number of hydrogen-bond acceptors (Lipinski definition) is 5. The fourth-order valence-corrected chi connectivity index (χ4v) is 3.64. The van der Waals surface area contributed by atoms with Crippen molar-refractivity contribution >= 4 is 11.2 Å². The molecule has 0 bridgehead atoms. The number of ether oxygens (including phenoxy) is 1. The number of para-hydroxylation sites is 2. The van der Waals surface area contributed by atoms with Crippen LogP contribution in [0.4, 0.5) is 0 Å². The molecule has 2 aromatic carbocycles. The molecule has 4 rings (SSSR count). The van der Waals surface area contributed by atoms with Crippen LogP contribution < -0.4 is 16.0 Å². The lowest BCUT2D eigenvalue weighted by molar-refractivity contribution is 0.412. The summed E-state index contributed by atoms with van der Waals surface area (Å²) in [5.74, 6) is 0.501. The average Bonchev–Trinajstić information content (AvgIpc) is 3.18. The molecule has 0 unspecified atom stereocenters. The van der Waals surface area contributed by atoms with E-state index in [4.69, 9.17) is 10.00 Å². The average molecular weight is 415 g/mol. The van der Waals surface area contributed by atoms with Crippen molar-refractivity contribution in [1.82, 2.24) is 18.7 Å². The number of nitriles is 1. The van der Waals surface area contributed by atoms with Gasteiger partial charge in [-0.25, -0.2) is 14.3 Å². The Morgan fingerprint density at radius 2 is 1.81 bits per heavy atom. The van der Waals surface area contributed by atoms with Gasteiger partial charge in [0.2, 0.25) is 0 Å². The lowest BCUT2D eigenvalue weighted by atomic mass is 10.1. The number of methoxy groups -OCH3 is 1. The Morgan fingerprint density at radius 3 is 2.45 bits per heavy atom. The molecule has 31 heavy (non-hydrogen) atoms. The molecule has 0 aliphatic carbocycles. The molecular formula is C23H21N5O3. The number of fused-ring (bicyclic) bond motifs is 1. The first kappa shape index (κ1) is 20.2. The first-order valence-corrected chi connectivity index (χ1v) is 9.81. The molecule has 0 saturated carbocycles. The molecule has 8 heteroatoms. The van der Waals surface area contributed by atoms with Crippen molar-refractivity contribution in [2.45, 2.75) is 26.4 Å². The van der Waals surface area contributed by atoms with E-state index in [2.05, 4.69) is 11.1 Å². The van der Waals surface area contributed by atoms with E-state index in [0.29, 0.717) is 29.1 Å². The third-order valence-corrected chi connectivity index (χ3v) is 5.13. The third kappa shape index (κ3) is 3.40. The molecular weight excluding hydrogens is 394 g/mol. The van der Waals surface area contributed by atoms with Gasteiger partial charge < -0.3 is 9.30 Å². The highest BCUT2D eigenvalue weighted by Gasteiger charge is 2.22. The zero-order chi connectivity index (χ0) is 22.1. The Kier molecular flexibility index (Phi) is 5.17. The summed E-state index contributed by atoms with van der Waals surface area (Å²) in [6, 6.07) is 16.0. The Morgan fingerprint density at radius 1 is 1.10 bits per heavy atom. The Bertz CT molecular complexity index is 1420. The van der Waals surface area contributed by atoms with Crippen molar-refractivity contribution in [1.29, 1.82) is 5.26 Å². The molecule has 4 aromatic rings. The maximum absolute atomic E-state index is 13.3. The molecule has 2 heterocycles. The van der Waals surface area contributed by atoms with E-state index in [-0.39, 0.29) is 11.7 Å². The predicted octanol–water partition coefficient (Wildman–Crippen LogP) is 2.86. The smallest absolute Gasteiger partial charge is 0.337 e. The van der Waals surface area contributed by atoms with Crippen LogP contribution in [0.5, 0.6) is 5.75 Å². The first-order valence-electron chi connectivity index (χ1n) is 9.81. The number of aromatic nitrogens is 4. The molecule has 0 spiro atoms. The largest absolute Gasteiger partial charge is 0.495 e. The minimum absolute atomic E-state index is 0.269. The standard InChI is InChI=1S/C23H21N5O3/c1-15(2)27-22(29)20-21(28(23(27)30)18-6-4-5-7-19(18)31-3)25-14-26(20)13-17-10-8-16(12-24)9-11-17/h4-11,14-15H,13H2,1-3H3. The van der Waals surface area contributed by atoms with Gasteiger partial charge in [0.25, 0.3) is 5.56 Å². The lowest BCUT2D eigenvalue weighted by Gasteiger charge is -2.16. The van der Waals surface area contributed by atoms with Crippen molar-refractivity contribution in [2.24, 2.45) is 0 Å². The summed E-state index contributed by atoms with van der Waals surface area (Å²) in [5.41, 5.74) is 1.70. The Labute approximate surface area is 178 Å². The summed E-state index contributed by atoms with van der Waals surface area (Å²) < 4.78 is 9.83. The highest BCUT2D eigenvalue weighted by molar-refractivity contribution is 5.73. The van der Waals surface area contributed by atoms with Crippen LogP contribution in [0.2, 0.25) is 0 Å². The van der Waals surface area contributed by atoms with Gasteiger partial charge >= 0.3 is 5.69 Å². The highest BCUT2D eigenvalue weighted by Crippen LogP contribution is 2.23. The van der Waals surface area contributed by atoms with Gasteiger partial charge in [0.1, 0.15) is 5.75 Å². The van der Waals surface area contributed by atoms with Gasteiger partial charge in [-0.05, 0) is 43.7 Å². The number of hydrogen-bond donors (Lipinski definition) is 0. The van der Waals surface area contributed by atoms with E-state index in [1.54, 1.807) is 55.1 Å². The molecule has 0 saturated heterocycles. The second kappa shape index (κ2) is 7.95. The summed E-state index contributed by atoms with van der Waals surface area (Å²) in [4.78, 5) is 31.1. The van der Waals surface area contributed by atoms with Crippen LogP contribution in [0, 0.1) is 11.3 Å². The van der Waals surface area contributed by atoms with Crippen LogP contribution in [0.25, 0.3) is 16.9 Å². The molecule has 0 radical (unpaired) electrons. The van der Waals surface area contributed by atoms with Crippen molar-refractivity contribution < 1.29 is 4.74 Å². The summed E-state index contributed by atoms with van der Waals surface area (Å²) in [7, 11) is 1.53. The van der Waals surface area contributed by atoms with Crippen LogP contribution in [0.1, 0.15) is 31.0 Å². The van der Waals surface area contributed by atoms with Gasteiger partial charge in [0.15, 0.2) is 11.2 Å². The minimum Gasteiger partial charge on any atom is -0.495 e. The topological polar surface area (TPSA) is 94.8 Å². The molecule has 0 amide bonds. The van der Waals surface area contributed by atoms with Gasteiger partial charge in [-0.1, -0.05) is 24.3 Å². The van der Waals surface area contributed by atoms with Gasteiger partial charge in [-0.2, -0.15) is 5.26 Å². The van der Waals surface area contributed by atoms with Gasteiger partial charge in [0.05, 0.1) is 30.8 Å². The highest BCUT2D eigenvalue weighted by atomic mass is 16.5. The minimum atomic E-state index is -0.472. The van der Waals surface area contributed by atoms with Crippen molar-refractivity contribution in [3.05, 3.63) is 86.8 Å².